The summed E-state index contributed by atoms with van der Waals surface area (Å²) in [6.07, 6.45) is 1.52. The van der Waals surface area contributed by atoms with Crippen LogP contribution in [0.25, 0.3) is 22.3 Å². The molecule has 194 valence electrons. The summed E-state index contributed by atoms with van der Waals surface area (Å²) < 4.78 is 25.7. The fourth-order valence-electron chi connectivity index (χ4n) is 3.92. The standard InChI is InChI=1S/C30H23FN4O4/c1-38-27-16-20(14-15-26(27)39-19-28(36)33-23-11-7-10-22(31)17-23)18-32-35-29(21-8-3-2-4-9-21)34-25-13-6-5-12-24(25)30(35)37/h2-18H,19H2,1H3,(H,33,36). The number of carbonyl (C=O) groups is 1. The minimum atomic E-state index is -0.454. The average molecular weight is 523 g/mol. The second-order valence-electron chi connectivity index (χ2n) is 8.44. The highest BCUT2D eigenvalue weighted by Gasteiger charge is 2.13. The lowest BCUT2D eigenvalue weighted by atomic mass is 10.2. The van der Waals surface area contributed by atoms with Crippen molar-refractivity contribution in [2.75, 3.05) is 19.0 Å². The van der Waals surface area contributed by atoms with Gasteiger partial charge in [-0.15, -0.1) is 0 Å². The number of hydrogen-bond donors (Lipinski definition) is 1. The smallest absolute Gasteiger partial charge is 0.282 e. The summed E-state index contributed by atoms with van der Waals surface area (Å²) in [5, 5.41) is 7.49. The lowest BCUT2D eigenvalue weighted by molar-refractivity contribution is -0.118. The predicted octanol–water partition coefficient (Wildman–Crippen LogP) is 5.11. The molecule has 0 fully saturated rings. The number of aromatic nitrogens is 2. The zero-order valence-electron chi connectivity index (χ0n) is 20.9. The van der Waals surface area contributed by atoms with Gasteiger partial charge in [-0.2, -0.15) is 9.78 Å². The largest absolute Gasteiger partial charge is 0.493 e. The summed E-state index contributed by atoms with van der Waals surface area (Å²) in [4.78, 5) is 30.3. The summed E-state index contributed by atoms with van der Waals surface area (Å²) in [5.74, 6) is 0.199. The Balaban J connectivity index is 1.39. The number of ether oxygens (including phenoxy) is 2. The Hall–Kier alpha value is -5.31. The molecule has 0 saturated heterocycles. The molecule has 0 bridgehead atoms. The van der Waals surface area contributed by atoms with Gasteiger partial charge < -0.3 is 14.8 Å². The Morgan fingerprint density at radius 2 is 1.77 bits per heavy atom. The number of nitrogens with one attached hydrogen (secondary N) is 1. The summed E-state index contributed by atoms with van der Waals surface area (Å²) in [6.45, 7) is -0.307. The number of hydrogen-bond acceptors (Lipinski definition) is 6. The van der Waals surface area contributed by atoms with Crippen molar-refractivity contribution in [3.05, 3.63) is 119 Å². The fraction of sp³-hybridized carbons (Fsp3) is 0.0667. The highest BCUT2D eigenvalue weighted by atomic mass is 19.1. The topological polar surface area (TPSA) is 94.8 Å². The number of para-hydroxylation sites is 1. The predicted molar refractivity (Wildman–Crippen MR) is 148 cm³/mol. The maximum atomic E-state index is 13.3. The number of carbonyl (C=O) groups excluding carboxylic acids is 1. The molecule has 4 aromatic carbocycles. The van der Waals surface area contributed by atoms with Crippen molar-refractivity contribution in [3.8, 4) is 22.9 Å². The summed E-state index contributed by atoms with van der Waals surface area (Å²) in [7, 11) is 1.47. The molecule has 5 rings (SSSR count). The SMILES string of the molecule is COc1cc(C=Nn2c(-c3ccccc3)nc3ccccc3c2=O)ccc1OCC(=O)Nc1cccc(F)c1. The van der Waals surface area contributed by atoms with E-state index in [-0.39, 0.29) is 12.2 Å². The molecule has 0 radical (unpaired) electrons. The average Bonchev–Trinajstić information content (AvgIpc) is 2.96. The van der Waals surface area contributed by atoms with Gasteiger partial charge in [0.1, 0.15) is 5.82 Å². The summed E-state index contributed by atoms with van der Waals surface area (Å²) >= 11 is 0. The van der Waals surface area contributed by atoms with Gasteiger partial charge in [0, 0.05) is 11.3 Å². The third-order valence-corrected chi connectivity index (χ3v) is 5.76. The van der Waals surface area contributed by atoms with E-state index in [9.17, 15) is 14.0 Å². The van der Waals surface area contributed by atoms with Gasteiger partial charge in [0.2, 0.25) is 0 Å². The van der Waals surface area contributed by atoms with E-state index in [4.69, 9.17) is 9.47 Å². The number of halogens is 1. The Kier molecular flexibility index (Phi) is 7.40. The maximum Gasteiger partial charge on any atom is 0.282 e. The first-order valence-corrected chi connectivity index (χ1v) is 12.0. The van der Waals surface area contributed by atoms with E-state index in [0.717, 1.165) is 5.56 Å². The second kappa shape index (κ2) is 11.4. The van der Waals surface area contributed by atoms with Crippen LogP contribution in [0.2, 0.25) is 0 Å². The minimum Gasteiger partial charge on any atom is -0.493 e. The third kappa shape index (κ3) is 5.83. The molecule has 0 aliphatic carbocycles. The molecule has 0 spiro atoms. The highest BCUT2D eigenvalue weighted by Crippen LogP contribution is 2.28. The van der Waals surface area contributed by atoms with Crippen LogP contribution >= 0.6 is 0 Å². The molecule has 0 aliphatic rings. The summed E-state index contributed by atoms with van der Waals surface area (Å²) in [5.41, 5.74) is 1.98. The Morgan fingerprint density at radius 3 is 2.56 bits per heavy atom. The molecule has 0 aliphatic heterocycles. The van der Waals surface area contributed by atoms with Crippen molar-refractivity contribution in [3.63, 3.8) is 0 Å². The number of rotatable bonds is 8. The Labute approximate surface area is 223 Å². The van der Waals surface area contributed by atoms with Crippen LogP contribution in [0, 0.1) is 5.82 Å². The second-order valence-corrected chi connectivity index (χ2v) is 8.44. The van der Waals surface area contributed by atoms with E-state index < -0.39 is 11.7 Å². The first-order valence-electron chi connectivity index (χ1n) is 12.0. The molecule has 8 nitrogen and oxygen atoms in total. The van der Waals surface area contributed by atoms with E-state index in [1.165, 1.54) is 36.2 Å². The molecule has 0 atom stereocenters. The molecular formula is C30H23FN4O4. The first-order chi connectivity index (χ1) is 19.0. The first kappa shape index (κ1) is 25.3. The van der Waals surface area contributed by atoms with Crippen molar-refractivity contribution < 1.29 is 18.7 Å². The normalized spacial score (nSPS) is 11.0. The van der Waals surface area contributed by atoms with Gasteiger partial charge in [0.15, 0.2) is 23.9 Å². The van der Waals surface area contributed by atoms with Gasteiger partial charge in [-0.3, -0.25) is 9.59 Å². The molecule has 1 aromatic heterocycles. The number of amides is 1. The molecule has 1 amide bonds. The molecule has 0 saturated carbocycles. The number of methoxy groups -OCH3 is 1. The van der Waals surface area contributed by atoms with Crippen LogP contribution in [0.4, 0.5) is 10.1 Å². The van der Waals surface area contributed by atoms with Gasteiger partial charge >= 0.3 is 0 Å². The molecular weight excluding hydrogens is 499 g/mol. The number of anilines is 1. The zero-order valence-corrected chi connectivity index (χ0v) is 20.9. The van der Waals surface area contributed by atoms with Gasteiger partial charge in [-0.25, -0.2) is 9.37 Å². The van der Waals surface area contributed by atoms with Gasteiger partial charge in [0.25, 0.3) is 11.5 Å². The highest BCUT2D eigenvalue weighted by molar-refractivity contribution is 5.92. The van der Waals surface area contributed by atoms with Crippen LogP contribution in [0.5, 0.6) is 11.5 Å². The van der Waals surface area contributed by atoms with Crippen molar-refractivity contribution in [1.29, 1.82) is 0 Å². The number of fused-ring (bicyclic) bond motifs is 1. The number of nitrogens with zero attached hydrogens (tertiary/aromatic N) is 3. The van der Waals surface area contributed by atoms with Crippen molar-refractivity contribution in [1.82, 2.24) is 9.66 Å². The lowest BCUT2D eigenvalue weighted by Gasteiger charge is -2.12. The van der Waals surface area contributed by atoms with Gasteiger partial charge in [-0.05, 0) is 54.1 Å². The van der Waals surface area contributed by atoms with E-state index in [0.29, 0.717) is 39.5 Å². The van der Waals surface area contributed by atoms with Crippen LogP contribution in [-0.4, -0.2) is 35.5 Å². The van der Waals surface area contributed by atoms with E-state index in [2.05, 4.69) is 15.4 Å². The fourth-order valence-corrected chi connectivity index (χ4v) is 3.92. The van der Waals surface area contributed by atoms with Gasteiger partial charge in [-0.1, -0.05) is 48.5 Å². The molecule has 0 unspecified atom stereocenters. The van der Waals surface area contributed by atoms with Crippen molar-refractivity contribution in [2.24, 2.45) is 5.10 Å². The molecule has 1 heterocycles. The molecule has 5 aromatic rings. The monoisotopic (exact) mass is 522 g/mol. The molecule has 39 heavy (non-hydrogen) atoms. The van der Waals surface area contributed by atoms with Crippen molar-refractivity contribution in [2.45, 2.75) is 0 Å². The third-order valence-electron chi connectivity index (χ3n) is 5.76. The summed E-state index contributed by atoms with van der Waals surface area (Å²) in [6, 6.07) is 27.1. The quantitative estimate of drug-likeness (QED) is 0.286. The molecule has 9 heteroatoms. The Bertz CT molecular complexity index is 1740. The van der Waals surface area contributed by atoms with Crippen LogP contribution < -0.4 is 20.3 Å². The van der Waals surface area contributed by atoms with Crippen LogP contribution in [0.1, 0.15) is 5.56 Å². The lowest BCUT2D eigenvalue weighted by Crippen LogP contribution is -2.20. The zero-order chi connectivity index (χ0) is 27.2. The van der Waals surface area contributed by atoms with Gasteiger partial charge in [0.05, 0.1) is 24.2 Å². The van der Waals surface area contributed by atoms with Crippen LogP contribution in [-0.2, 0) is 4.79 Å². The maximum absolute atomic E-state index is 13.3. The van der Waals surface area contributed by atoms with Crippen LogP contribution in [0.3, 0.4) is 0 Å². The molecule has 1 N–H and O–H groups in total. The van der Waals surface area contributed by atoms with Crippen LogP contribution in [0.15, 0.2) is 107 Å². The Morgan fingerprint density at radius 1 is 0.974 bits per heavy atom. The van der Waals surface area contributed by atoms with E-state index in [1.54, 1.807) is 42.5 Å². The minimum absolute atomic E-state index is 0.299. The number of benzene rings is 4. The van der Waals surface area contributed by atoms with E-state index >= 15 is 0 Å². The van der Waals surface area contributed by atoms with E-state index in [1.807, 2.05) is 36.4 Å². The van der Waals surface area contributed by atoms with Crippen molar-refractivity contribution >= 4 is 28.7 Å².